The van der Waals surface area contributed by atoms with Crippen molar-refractivity contribution in [2.75, 3.05) is 5.73 Å². The van der Waals surface area contributed by atoms with Gasteiger partial charge in [-0.1, -0.05) is 23.2 Å². The number of H-pyrrole nitrogens is 1. The second-order valence-corrected chi connectivity index (χ2v) is 4.03. The summed E-state index contributed by atoms with van der Waals surface area (Å²) < 4.78 is 5.47. The van der Waals surface area contributed by atoms with Gasteiger partial charge in [-0.05, 0) is 18.2 Å². The molecule has 0 aliphatic carbocycles. The molecular weight excluding hydrogens is 249 g/mol. The van der Waals surface area contributed by atoms with E-state index in [9.17, 15) is 0 Å². The van der Waals surface area contributed by atoms with Crippen LogP contribution in [-0.2, 0) is 6.61 Å². The third-order valence-electron chi connectivity index (χ3n) is 1.93. The number of aromatic amines is 1. The molecule has 2 aromatic rings. The smallest absolute Gasteiger partial charge is 0.145 e. The minimum Gasteiger partial charge on any atom is -0.486 e. The molecule has 1 aromatic heterocycles. The highest BCUT2D eigenvalue weighted by atomic mass is 35.5. The van der Waals surface area contributed by atoms with E-state index < -0.39 is 0 Å². The first-order valence-corrected chi connectivity index (χ1v) is 5.28. The molecule has 16 heavy (non-hydrogen) atoms. The first kappa shape index (κ1) is 11.1. The van der Waals surface area contributed by atoms with Gasteiger partial charge in [0.2, 0.25) is 0 Å². The summed E-state index contributed by atoms with van der Waals surface area (Å²) in [6.07, 6.45) is 0. The molecule has 2 rings (SSSR count). The first-order valence-electron chi connectivity index (χ1n) is 4.53. The maximum absolute atomic E-state index is 5.94. The lowest BCUT2D eigenvalue weighted by Gasteiger charge is -2.06. The second kappa shape index (κ2) is 4.63. The predicted octanol–water partition coefficient (Wildman–Crippen LogP) is 2.88. The van der Waals surface area contributed by atoms with Crippen LogP contribution in [0.25, 0.3) is 0 Å². The molecular formula is C10H9Cl2N3O. The van der Waals surface area contributed by atoms with E-state index in [2.05, 4.69) is 10.2 Å². The molecule has 0 spiro atoms. The monoisotopic (exact) mass is 257 g/mol. The normalized spacial score (nSPS) is 10.4. The van der Waals surface area contributed by atoms with Gasteiger partial charge in [0.15, 0.2) is 0 Å². The summed E-state index contributed by atoms with van der Waals surface area (Å²) >= 11 is 11.7. The van der Waals surface area contributed by atoms with Crippen LogP contribution in [0.5, 0.6) is 5.75 Å². The number of aromatic nitrogens is 2. The Morgan fingerprint density at radius 1 is 1.31 bits per heavy atom. The minimum absolute atomic E-state index is 0.325. The van der Waals surface area contributed by atoms with Crippen molar-refractivity contribution in [3.8, 4) is 5.75 Å². The lowest BCUT2D eigenvalue weighted by atomic mass is 10.3. The molecule has 0 radical (unpaired) electrons. The Labute approximate surface area is 102 Å². The highest BCUT2D eigenvalue weighted by Gasteiger charge is 2.04. The topological polar surface area (TPSA) is 63.9 Å². The van der Waals surface area contributed by atoms with Gasteiger partial charge < -0.3 is 10.5 Å². The van der Waals surface area contributed by atoms with Crippen LogP contribution in [0, 0.1) is 0 Å². The number of nitrogens with zero attached hydrogens (tertiary/aromatic N) is 1. The van der Waals surface area contributed by atoms with E-state index in [4.69, 9.17) is 33.7 Å². The summed E-state index contributed by atoms with van der Waals surface area (Å²) in [5.41, 5.74) is 6.24. The Kier molecular flexibility index (Phi) is 3.22. The van der Waals surface area contributed by atoms with Crippen LogP contribution in [0.2, 0.25) is 10.0 Å². The van der Waals surface area contributed by atoms with Crippen LogP contribution in [0.4, 0.5) is 5.82 Å². The number of ether oxygens (including phenoxy) is 1. The molecule has 0 unspecified atom stereocenters. The van der Waals surface area contributed by atoms with Crippen LogP contribution in [0.15, 0.2) is 24.3 Å². The molecule has 1 heterocycles. The Bertz CT molecular complexity index is 499. The summed E-state index contributed by atoms with van der Waals surface area (Å²) in [6.45, 7) is 0.325. The molecule has 0 atom stereocenters. The largest absolute Gasteiger partial charge is 0.486 e. The fraction of sp³-hybridized carbons (Fsp3) is 0.100. The number of benzene rings is 1. The third kappa shape index (κ3) is 2.59. The molecule has 0 aliphatic rings. The summed E-state index contributed by atoms with van der Waals surface area (Å²) in [4.78, 5) is 0. The quantitative estimate of drug-likeness (QED) is 0.889. The molecule has 3 N–H and O–H groups in total. The van der Waals surface area contributed by atoms with Gasteiger partial charge in [-0.25, -0.2) is 0 Å². The van der Waals surface area contributed by atoms with Crippen molar-refractivity contribution in [3.63, 3.8) is 0 Å². The lowest BCUT2D eigenvalue weighted by Crippen LogP contribution is -1.96. The number of nitrogen functional groups attached to an aromatic ring is 1. The van der Waals surface area contributed by atoms with Crippen LogP contribution in [0.1, 0.15) is 5.69 Å². The van der Waals surface area contributed by atoms with Crippen molar-refractivity contribution in [1.29, 1.82) is 0 Å². The van der Waals surface area contributed by atoms with Crippen LogP contribution in [0.3, 0.4) is 0 Å². The third-order valence-corrected chi connectivity index (χ3v) is 2.46. The van der Waals surface area contributed by atoms with Crippen molar-refractivity contribution < 1.29 is 4.74 Å². The SMILES string of the molecule is Nc1cc(COc2ccc(Cl)cc2Cl)[nH]n1. The van der Waals surface area contributed by atoms with E-state index in [1.54, 1.807) is 24.3 Å². The molecule has 0 amide bonds. The van der Waals surface area contributed by atoms with Crippen molar-refractivity contribution in [2.24, 2.45) is 0 Å². The van der Waals surface area contributed by atoms with Gasteiger partial charge in [0, 0.05) is 11.1 Å². The fourth-order valence-electron chi connectivity index (χ4n) is 1.20. The highest BCUT2D eigenvalue weighted by Crippen LogP contribution is 2.28. The van der Waals surface area contributed by atoms with Gasteiger partial charge in [-0.3, -0.25) is 5.10 Å². The van der Waals surface area contributed by atoms with E-state index >= 15 is 0 Å². The number of nitrogens with two attached hydrogens (primary N) is 1. The van der Waals surface area contributed by atoms with Crippen LogP contribution >= 0.6 is 23.2 Å². The zero-order valence-electron chi connectivity index (χ0n) is 8.21. The summed E-state index contributed by atoms with van der Waals surface area (Å²) in [6, 6.07) is 6.75. The van der Waals surface area contributed by atoms with Gasteiger partial charge in [0.25, 0.3) is 0 Å². The Balaban J connectivity index is 2.04. The average molecular weight is 258 g/mol. The number of halogens is 2. The van der Waals surface area contributed by atoms with E-state index in [1.165, 1.54) is 0 Å². The maximum Gasteiger partial charge on any atom is 0.145 e. The van der Waals surface area contributed by atoms with Gasteiger partial charge in [-0.2, -0.15) is 5.10 Å². The number of hydrogen-bond acceptors (Lipinski definition) is 3. The van der Waals surface area contributed by atoms with Gasteiger partial charge in [-0.15, -0.1) is 0 Å². The van der Waals surface area contributed by atoms with E-state index in [1.807, 2.05) is 0 Å². The Morgan fingerprint density at radius 3 is 2.75 bits per heavy atom. The Hall–Kier alpha value is -1.39. The van der Waals surface area contributed by atoms with Crippen molar-refractivity contribution in [1.82, 2.24) is 10.2 Å². The number of hydrogen-bond donors (Lipinski definition) is 2. The van der Waals surface area contributed by atoms with E-state index in [-0.39, 0.29) is 0 Å². The Morgan fingerprint density at radius 2 is 2.12 bits per heavy atom. The van der Waals surface area contributed by atoms with Crippen LogP contribution in [-0.4, -0.2) is 10.2 Å². The zero-order chi connectivity index (χ0) is 11.5. The molecule has 0 saturated carbocycles. The number of rotatable bonds is 3. The predicted molar refractivity (Wildman–Crippen MR) is 63.8 cm³/mol. The van der Waals surface area contributed by atoms with E-state index in [0.717, 1.165) is 5.69 Å². The molecule has 84 valence electrons. The average Bonchev–Trinajstić information content (AvgIpc) is 2.63. The number of anilines is 1. The fourth-order valence-corrected chi connectivity index (χ4v) is 1.66. The first-order chi connectivity index (χ1) is 7.65. The molecule has 1 aromatic carbocycles. The molecule has 0 fully saturated rings. The molecule has 0 bridgehead atoms. The zero-order valence-corrected chi connectivity index (χ0v) is 9.72. The van der Waals surface area contributed by atoms with Gasteiger partial charge in [0.1, 0.15) is 18.2 Å². The number of nitrogens with one attached hydrogen (secondary N) is 1. The summed E-state index contributed by atoms with van der Waals surface area (Å²) in [7, 11) is 0. The molecule has 4 nitrogen and oxygen atoms in total. The molecule has 0 aliphatic heterocycles. The maximum atomic E-state index is 5.94. The standard InChI is InChI=1S/C10H9Cl2N3O/c11-6-1-2-9(8(12)3-6)16-5-7-4-10(13)15-14-7/h1-4H,5H2,(H3,13,14,15). The lowest BCUT2D eigenvalue weighted by molar-refractivity contribution is 0.301. The summed E-state index contributed by atoms with van der Waals surface area (Å²) in [5.74, 6) is 1.00. The van der Waals surface area contributed by atoms with Gasteiger partial charge in [0.05, 0.1) is 10.7 Å². The van der Waals surface area contributed by atoms with Crippen molar-refractivity contribution >= 4 is 29.0 Å². The highest BCUT2D eigenvalue weighted by molar-refractivity contribution is 6.35. The van der Waals surface area contributed by atoms with Crippen LogP contribution < -0.4 is 10.5 Å². The van der Waals surface area contributed by atoms with E-state index in [0.29, 0.717) is 28.2 Å². The molecule has 6 heteroatoms. The minimum atomic E-state index is 0.325. The van der Waals surface area contributed by atoms with Gasteiger partial charge >= 0.3 is 0 Å². The van der Waals surface area contributed by atoms with Crippen molar-refractivity contribution in [2.45, 2.75) is 6.61 Å². The summed E-state index contributed by atoms with van der Waals surface area (Å²) in [5, 5.41) is 7.57. The second-order valence-electron chi connectivity index (χ2n) is 3.18. The van der Waals surface area contributed by atoms with Crippen molar-refractivity contribution in [3.05, 3.63) is 40.0 Å². The molecule has 0 saturated heterocycles.